The van der Waals surface area contributed by atoms with Gasteiger partial charge < -0.3 is 10.4 Å². The number of nitrogens with zero attached hydrogens (tertiary/aromatic N) is 2. The molecule has 1 atom stereocenters. The first-order valence-corrected chi connectivity index (χ1v) is 7.53. The zero-order valence-corrected chi connectivity index (χ0v) is 12.6. The maximum Gasteiger partial charge on any atom is 0.305 e. The minimum atomic E-state index is -0.920. The normalized spacial score (nSPS) is 18.4. The van der Waals surface area contributed by atoms with Gasteiger partial charge in [-0.3, -0.25) is 14.3 Å². The molecule has 1 saturated carbocycles. The van der Waals surface area contributed by atoms with Crippen molar-refractivity contribution in [1.29, 1.82) is 0 Å². The van der Waals surface area contributed by atoms with Crippen LogP contribution in [0.25, 0.3) is 0 Å². The lowest BCUT2D eigenvalue weighted by molar-refractivity contribution is -0.138. The number of hydrogen-bond donors (Lipinski definition) is 2. The van der Waals surface area contributed by atoms with E-state index in [0.717, 1.165) is 12.8 Å². The summed E-state index contributed by atoms with van der Waals surface area (Å²) in [5.74, 6) is -1.23. The van der Waals surface area contributed by atoms with Crippen LogP contribution in [0.5, 0.6) is 0 Å². The first-order valence-electron chi connectivity index (χ1n) is 7.53. The highest BCUT2D eigenvalue weighted by Gasteiger charge is 2.29. The molecule has 6 heteroatoms. The van der Waals surface area contributed by atoms with E-state index in [9.17, 15) is 9.59 Å². The van der Waals surface area contributed by atoms with Crippen molar-refractivity contribution >= 4 is 11.9 Å². The van der Waals surface area contributed by atoms with E-state index in [2.05, 4.69) is 10.4 Å². The molecule has 0 spiro atoms. The standard InChI is InChI=1S/C15H23N3O3/c1-3-15(2,10-13(19)20)16-14(21)12-8-9-18(17-12)11-6-4-5-7-11/h8-9,11H,3-7,10H2,1-2H3,(H,16,21)(H,19,20)/t15-/m0/s1. The largest absolute Gasteiger partial charge is 0.481 e. The van der Waals surface area contributed by atoms with Gasteiger partial charge in [0, 0.05) is 11.7 Å². The maximum absolute atomic E-state index is 12.2. The second-order valence-electron chi connectivity index (χ2n) is 6.06. The first kappa shape index (κ1) is 15.5. The SMILES string of the molecule is CC[C@@](C)(CC(=O)O)NC(=O)c1ccn(C2CCCC2)n1. The number of aromatic nitrogens is 2. The fraction of sp³-hybridized carbons (Fsp3) is 0.667. The highest BCUT2D eigenvalue weighted by Crippen LogP contribution is 2.28. The van der Waals surface area contributed by atoms with Crippen LogP contribution in [0.3, 0.4) is 0 Å². The van der Waals surface area contributed by atoms with Crippen LogP contribution in [0.15, 0.2) is 12.3 Å². The Bertz CT molecular complexity index is 520. The third kappa shape index (κ3) is 3.83. The second-order valence-corrected chi connectivity index (χ2v) is 6.06. The molecule has 21 heavy (non-hydrogen) atoms. The summed E-state index contributed by atoms with van der Waals surface area (Å²) in [5.41, 5.74) is -0.396. The third-order valence-corrected chi connectivity index (χ3v) is 4.28. The van der Waals surface area contributed by atoms with E-state index < -0.39 is 11.5 Å². The van der Waals surface area contributed by atoms with E-state index in [0.29, 0.717) is 18.2 Å². The predicted molar refractivity (Wildman–Crippen MR) is 78.1 cm³/mol. The van der Waals surface area contributed by atoms with Gasteiger partial charge in [0.2, 0.25) is 0 Å². The number of carbonyl (C=O) groups excluding carboxylic acids is 1. The topological polar surface area (TPSA) is 84.2 Å². The molecule has 0 saturated heterocycles. The molecule has 0 bridgehead atoms. The molecule has 2 N–H and O–H groups in total. The molecule has 2 rings (SSSR count). The van der Waals surface area contributed by atoms with Gasteiger partial charge in [-0.15, -0.1) is 0 Å². The van der Waals surface area contributed by atoms with Crippen LogP contribution in [-0.2, 0) is 4.79 Å². The summed E-state index contributed by atoms with van der Waals surface area (Å²) >= 11 is 0. The van der Waals surface area contributed by atoms with Crippen LogP contribution in [0.2, 0.25) is 0 Å². The van der Waals surface area contributed by atoms with E-state index in [4.69, 9.17) is 5.11 Å². The summed E-state index contributed by atoms with van der Waals surface area (Å²) in [6.07, 6.45) is 6.92. The van der Waals surface area contributed by atoms with Gasteiger partial charge in [0.05, 0.1) is 12.5 Å². The van der Waals surface area contributed by atoms with E-state index in [1.807, 2.05) is 17.8 Å². The Labute approximate surface area is 124 Å². The molecule has 116 valence electrons. The second kappa shape index (κ2) is 6.28. The van der Waals surface area contributed by atoms with Crippen molar-refractivity contribution < 1.29 is 14.7 Å². The number of carboxylic acids is 1. The van der Waals surface area contributed by atoms with Gasteiger partial charge in [-0.25, -0.2) is 0 Å². The highest BCUT2D eigenvalue weighted by molar-refractivity contribution is 5.93. The molecule has 0 radical (unpaired) electrons. The van der Waals surface area contributed by atoms with Gasteiger partial charge in [0.1, 0.15) is 5.69 Å². The molecule has 6 nitrogen and oxygen atoms in total. The van der Waals surface area contributed by atoms with Crippen LogP contribution >= 0.6 is 0 Å². The molecule has 0 aliphatic heterocycles. The molecule has 1 aliphatic rings. The summed E-state index contributed by atoms with van der Waals surface area (Å²) in [6, 6.07) is 2.09. The Hall–Kier alpha value is -1.85. The summed E-state index contributed by atoms with van der Waals surface area (Å²) < 4.78 is 1.86. The quantitative estimate of drug-likeness (QED) is 0.843. The monoisotopic (exact) mass is 293 g/mol. The van der Waals surface area contributed by atoms with Crippen LogP contribution in [0, 0.1) is 0 Å². The summed E-state index contributed by atoms with van der Waals surface area (Å²) in [4.78, 5) is 23.1. The molecular weight excluding hydrogens is 270 g/mol. The van der Waals surface area contributed by atoms with Crippen LogP contribution in [0.1, 0.15) is 68.9 Å². The Morgan fingerprint density at radius 1 is 1.48 bits per heavy atom. The summed E-state index contributed by atoms with van der Waals surface area (Å²) in [5, 5.41) is 16.1. The van der Waals surface area contributed by atoms with Gasteiger partial charge in [0.25, 0.3) is 5.91 Å². The first-order chi connectivity index (χ1) is 9.93. The van der Waals surface area contributed by atoms with Gasteiger partial charge in [-0.1, -0.05) is 19.8 Å². The summed E-state index contributed by atoms with van der Waals surface area (Å²) in [7, 11) is 0. The van der Waals surface area contributed by atoms with Crippen LogP contribution < -0.4 is 5.32 Å². The number of aliphatic carboxylic acids is 1. The van der Waals surface area contributed by atoms with E-state index >= 15 is 0 Å². The maximum atomic E-state index is 12.2. The Morgan fingerprint density at radius 3 is 2.71 bits per heavy atom. The number of carboxylic acid groups (broad SMARTS) is 1. The minimum Gasteiger partial charge on any atom is -0.481 e. The van der Waals surface area contributed by atoms with Gasteiger partial charge in [-0.2, -0.15) is 5.10 Å². The smallest absolute Gasteiger partial charge is 0.305 e. The van der Waals surface area contributed by atoms with Gasteiger partial charge in [-0.05, 0) is 32.3 Å². The number of hydrogen-bond acceptors (Lipinski definition) is 3. The van der Waals surface area contributed by atoms with Crippen molar-refractivity contribution in [3.8, 4) is 0 Å². The highest BCUT2D eigenvalue weighted by atomic mass is 16.4. The molecule has 1 aliphatic carbocycles. The molecule has 1 aromatic rings. The zero-order chi connectivity index (χ0) is 15.5. The van der Waals surface area contributed by atoms with E-state index in [1.54, 1.807) is 13.0 Å². The van der Waals surface area contributed by atoms with Crippen molar-refractivity contribution in [2.24, 2.45) is 0 Å². The Kier molecular flexibility index (Phi) is 4.65. The molecular formula is C15H23N3O3. The molecule has 1 amide bonds. The zero-order valence-electron chi connectivity index (χ0n) is 12.6. The lowest BCUT2D eigenvalue weighted by Gasteiger charge is -2.27. The average Bonchev–Trinajstić information content (AvgIpc) is 3.08. The fourth-order valence-electron chi connectivity index (χ4n) is 2.76. The third-order valence-electron chi connectivity index (χ3n) is 4.28. The van der Waals surface area contributed by atoms with Gasteiger partial charge >= 0.3 is 5.97 Å². The van der Waals surface area contributed by atoms with E-state index in [-0.39, 0.29) is 12.3 Å². The Balaban J connectivity index is 2.04. The fourth-order valence-corrected chi connectivity index (χ4v) is 2.76. The van der Waals surface area contributed by atoms with Crippen molar-refractivity contribution in [1.82, 2.24) is 15.1 Å². The number of nitrogens with one attached hydrogen (secondary N) is 1. The Morgan fingerprint density at radius 2 is 2.14 bits per heavy atom. The number of amides is 1. The number of carbonyl (C=O) groups is 2. The average molecular weight is 293 g/mol. The lowest BCUT2D eigenvalue weighted by Crippen LogP contribution is -2.47. The minimum absolute atomic E-state index is 0.0986. The molecule has 0 aromatic carbocycles. The molecule has 0 unspecified atom stereocenters. The van der Waals surface area contributed by atoms with Crippen molar-refractivity contribution in [2.75, 3.05) is 0 Å². The summed E-state index contributed by atoms with van der Waals surface area (Å²) in [6.45, 7) is 3.60. The van der Waals surface area contributed by atoms with Crippen molar-refractivity contribution in [3.63, 3.8) is 0 Å². The molecule has 1 aromatic heterocycles. The molecule has 1 fully saturated rings. The predicted octanol–water partition coefficient (Wildman–Crippen LogP) is 2.37. The van der Waals surface area contributed by atoms with E-state index in [1.165, 1.54) is 12.8 Å². The van der Waals surface area contributed by atoms with Crippen molar-refractivity contribution in [2.45, 2.75) is 64.0 Å². The van der Waals surface area contributed by atoms with Gasteiger partial charge in [0.15, 0.2) is 0 Å². The van der Waals surface area contributed by atoms with Crippen molar-refractivity contribution in [3.05, 3.63) is 18.0 Å². The lowest BCUT2D eigenvalue weighted by atomic mass is 9.94. The number of rotatable bonds is 6. The molecule has 1 heterocycles. The van der Waals surface area contributed by atoms with Crippen LogP contribution in [0.4, 0.5) is 0 Å². The van der Waals surface area contributed by atoms with Crippen LogP contribution in [-0.4, -0.2) is 32.3 Å².